The summed E-state index contributed by atoms with van der Waals surface area (Å²) in [5.74, 6) is 1.59. The minimum Gasteiger partial charge on any atom is -0.497 e. The van der Waals surface area contributed by atoms with Crippen LogP contribution in [0, 0.1) is 5.41 Å². The summed E-state index contributed by atoms with van der Waals surface area (Å²) >= 11 is 0. The Morgan fingerprint density at radius 1 is 1.28 bits per heavy atom. The van der Waals surface area contributed by atoms with E-state index in [-0.39, 0.29) is 5.41 Å². The molecule has 0 fully saturated rings. The molecule has 2 atom stereocenters. The van der Waals surface area contributed by atoms with E-state index in [1.807, 2.05) is 0 Å². The summed E-state index contributed by atoms with van der Waals surface area (Å²) in [7, 11) is 1.74. The summed E-state index contributed by atoms with van der Waals surface area (Å²) in [4.78, 5) is 0. The molecule has 100 valence electrons. The van der Waals surface area contributed by atoms with E-state index in [9.17, 15) is 0 Å². The van der Waals surface area contributed by atoms with Gasteiger partial charge in [0, 0.05) is 12.6 Å². The molecule has 1 N–H and O–H groups in total. The molecule has 2 nitrogen and oxygen atoms in total. The molecule has 0 saturated carbocycles. The maximum absolute atomic E-state index is 5.38. The Hall–Kier alpha value is -1.02. The van der Waals surface area contributed by atoms with E-state index in [4.69, 9.17) is 4.74 Å². The van der Waals surface area contributed by atoms with Gasteiger partial charge in [-0.1, -0.05) is 33.8 Å². The van der Waals surface area contributed by atoms with Gasteiger partial charge in [0.25, 0.3) is 0 Å². The van der Waals surface area contributed by atoms with Crippen molar-refractivity contribution in [3.63, 3.8) is 0 Å². The van der Waals surface area contributed by atoms with Crippen LogP contribution in [-0.2, 0) is 0 Å². The van der Waals surface area contributed by atoms with Crippen LogP contribution in [0.3, 0.4) is 0 Å². The SMILES string of the molecule is CCC1CNC(C(C)(C)C)c2cc(OC)ccc21. The lowest BCUT2D eigenvalue weighted by atomic mass is 9.75. The fraction of sp³-hybridized carbons (Fsp3) is 0.625. The van der Waals surface area contributed by atoms with Crippen molar-refractivity contribution >= 4 is 0 Å². The summed E-state index contributed by atoms with van der Waals surface area (Å²) in [5, 5.41) is 3.71. The molecule has 0 spiro atoms. The topological polar surface area (TPSA) is 21.3 Å². The highest BCUT2D eigenvalue weighted by Gasteiger charge is 2.33. The predicted octanol–water partition coefficient (Wildman–Crippen LogP) is 3.88. The van der Waals surface area contributed by atoms with Gasteiger partial charge >= 0.3 is 0 Å². The Kier molecular flexibility index (Phi) is 3.67. The van der Waals surface area contributed by atoms with Gasteiger partial charge in [0.05, 0.1) is 7.11 Å². The average Bonchev–Trinajstić information content (AvgIpc) is 2.35. The first kappa shape index (κ1) is 13.4. The molecule has 1 aromatic rings. The maximum atomic E-state index is 5.38. The monoisotopic (exact) mass is 247 g/mol. The molecule has 2 heteroatoms. The lowest BCUT2D eigenvalue weighted by Crippen LogP contribution is -2.39. The summed E-state index contributed by atoms with van der Waals surface area (Å²) in [6.45, 7) is 10.2. The minimum atomic E-state index is 0.222. The Bertz CT molecular complexity index is 420. The smallest absolute Gasteiger partial charge is 0.119 e. The molecule has 2 rings (SSSR count). The molecule has 0 aromatic heterocycles. The molecule has 1 heterocycles. The molecule has 1 aliphatic rings. The largest absolute Gasteiger partial charge is 0.497 e. The van der Waals surface area contributed by atoms with Crippen LogP contribution >= 0.6 is 0 Å². The first-order valence-electron chi connectivity index (χ1n) is 6.88. The first-order valence-corrected chi connectivity index (χ1v) is 6.88. The summed E-state index contributed by atoms with van der Waals surface area (Å²) < 4.78 is 5.38. The normalized spacial score (nSPS) is 23.6. The van der Waals surface area contributed by atoms with Crippen LogP contribution < -0.4 is 10.1 Å². The van der Waals surface area contributed by atoms with Crippen molar-refractivity contribution in [2.24, 2.45) is 5.41 Å². The van der Waals surface area contributed by atoms with E-state index in [1.165, 1.54) is 17.5 Å². The molecule has 18 heavy (non-hydrogen) atoms. The van der Waals surface area contributed by atoms with Crippen LogP contribution in [0.1, 0.15) is 57.2 Å². The highest BCUT2D eigenvalue weighted by Crippen LogP contribution is 2.42. The zero-order valence-corrected chi connectivity index (χ0v) is 12.2. The van der Waals surface area contributed by atoms with E-state index in [0.717, 1.165) is 12.3 Å². The highest BCUT2D eigenvalue weighted by atomic mass is 16.5. The Labute approximate surface area is 111 Å². The third-order valence-electron chi connectivity index (χ3n) is 3.97. The standard InChI is InChI=1S/C16H25NO/c1-6-11-10-17-15(16(2,3)4)14-9-12(18-5)7-8-13(11)14/h7-9,11,15,17H,6,10H2,1-5H3. The van der Waals surface area contributed by atoms with Crippen LogP contribution in [0.4, 0.5) is 0 Å². The number of rotatable bonds is 2. The molecular weight excluding hydrogens is 222 g/mol. The quantitative estimate of drug-likeness (QED) is 0.856. The lowest BCUT2D eigenvalue weighted by molar-refractivity contribution is 0.251. The van der Waals surface area contributed by atoms with Gasteiger partial charge < -0.3 is 10.1 Å². The molecule has 0 amide bonds. The number of fused-ring (bicyclic) bond motifs is 1. The fourth-order valence-corrected chi connectivity index (χ4v) is 2.92. The van der Waals surface area contributed by atoms with E-state index in [2.05, 4.69) is 51.2 Å². The van der Waals surface area contributed by atoms with Crippen molar-refractivity contribution in [1.29, 1.82) is 0 Å². The fourth-order valence-electron chi connectivity index (χ4n) is 2.92. The number of hydrogen-bond acceptors (Lipinski definition) is 2. The van der Waals surface area contributed by atoms with Crippen LogP contribution in [0.2, 0.25) is 0 Å². The molecule has 1 aliphatic heterocycles. The van der Waals surface area contributed by atoms with Crippen molar-refractivity contribution in [3.8, 4) is 5.75 Å². The molecule has 0 saturated heterocycles. The van der Waals surface area contributed by atoms with Crippen molar-refractivity contribution in [3.05, 3.63) is 29.3 Å². The van der Waals surface area contributed by atoms with Gasteiger partial charge in [0.1, 0.15) is 5.75 Å². The van der Waals surface area contributed by atoms with Gasteiger partial charge in [0.15, 0.2) is 0 Å². The van der Waals surface area contributed by atoms with Crippen LogP contribution in [0.15, 0.2) is 18.2 Å². The minimum absolute atomic E-state index is 0.222. The summed E-state index contributed by atoms with van der Waals surface area (Å²) in [6, 6.07) is 6.96. The second-order valence-corrected chi connectivity index (χ2v) is 6.31. The van der Waals surface area contributed by atoms with Gasteiger partial charge in [-0.3, -0.25) is 0 Å². The van der Waals surface area contributed by atoms with Crippen LogP contribution in [-0.4, -0.2) is 13.7 Å². The third kappa shape index (κ3) is 2.39. The summed E-state index contributed by atoms with van der Waals surface area (Å²) in [5.41, 5.74) is 3.14. The van der Waals surface area contributed by atoms with Gasteiger partial charge in [0.2, 0.25) is 0 Å². The highest BCUT2D eigenvalue weighted by molar-refractivity contribution is 5.42. The van der Waals surface area contributed by atoms with Crippen LogP contribution in [0.25, 0.3) is 0 Å². The van der Waals surface area contributed by atoms with E-state index >= 15 is 0 Å². The number of methoxy groups -OCH3 is 1. The van der Waals surface area contributed by atoms with Gasteiger partial charge in [-0.15, -0.1) is 0 Å². The van der Waals surface area contributed by atoms with Crippen molar-refractivity contribution < 1.29 is 4.74 Å². The van der Waals surface area contributed by atoms with Gasteiger partial charge in [-0.2, -0.15) is 0 Å². The number of nitrogens with one attached hydrogen (secondary N) is 1. The molecule has 0 radical (unpaired) electrons. The zero-order valence-electron chi connectivity index (χ0n) is 12.2. The van der Waals surface area contributed by atoms with Crippen molar-refractivity contribution in [2.45, 2.75) is 46.1 Å². The van der Waals surface area contributed by atoms with Crippen LogP contribution in [0.5, 0.6) is 5.75 Å². The zero-order chi connectivity index (χ0) is 13.3. The number of benzene rings is 1. The molecule has 2 unspecified atom stereocenters. The van der Waals surface area contributed by atoms with E-state index in [0.29, 0.717) is 12.0 Å². The molecular formula is C16H25NO. The maximum Gasteiger partial charge on any atom is 0.119 e. The van der Waals surface area contributed by atoms with Crippen molar-refractivity contribution in [2.75, 3.05) is 13.7 Å². The Balaban J connectivity index is 2.48. The molecule has 0 bridgehead atoms. The second kappa shape index (κ2) is 4.93. The van der Waals surface area contributed by atoms with E-state index < -0.39 is 0 Å². The predicted molar refractivity (Wildman–Crippen MR) is 76.2 cm³/mol. The second-order valence-electron chi connectivity index (χ2n) is 6.31. The van der Waals surface area contributed by atoms with Crippen molar-refractivity contribution in [1.82, 2.24) is 5.32 Å². The first-order chi connectivity index (χ1) is 8.47. The van der Waals surface area contributed by atoms with Gasteiger partial charge in [-0.25, -0.2) is 0 Å². The number of ether oxygens (including phenoxy) is 1. The molecule has 1 aromatic carbocycles. The Morgan fingerprint density at radius 3 is 2.56 bits per heavy atom. The third-order valence-corrected chi connectivity index (χ3v) is 3.97. The molecule has 0 aliphatic carbocycles. The van der Waals surface area contributed by atoms with E-state index in [1.54, 1.807) is 7.11 Å². The Morgan fingerprint density at radius 2 is 2.00 bits per heavy atom. The van der Waals surface area contributed by atoms with Gasteiger partial charge in [-0.05, 0) is 41.0 Å². The lowest BCUT2D eigenvalue weighted by Gasteiger charge is -2.40. The average molecular weight is 247 g/mol. The number of hydrogen-bond donors (Lipinski definition) is 1. The summed E-state index contributed by atoms with van der Waals surface area (Å²) in [6.07, 6.45) is 1.18.